The molecule has 20 heavy (non-hydrogen) atoms. The van der Waals surface area contributed by atoms with Crippen molar-refractivity contribution in [2.24, 2.45) is 11.1 Å². The first-order valence-corrected chi connectivity index (χ1v) is 8.38. The number of benzene rings is 1. The van der Waals surface area contributed by atoms with E-state index in [1.165, 1.54) is 25.0 Å². The Balaban J connectivity index is 1.73. The van der Waals surface area contributed by atoms with E-state index >= 15 is 0 Å². The summed E-state index contributed by atoms with van der Waals surface area (Å²) >= 11 is 0. The van der Waals surface area contributed by atoms with Gasteiger partial charge in [0.25, 0.3) is 0 Å². The second kappa shape index (κ2) is 6.37. The summed E-state index contributed by atoms with van der Waals surface area (Å²) in [7, 11) is -3.64. The lowest BCUT2D eigenvalue weighted by Crippen LogP contribution is -2.24. The highest BCUT2D eigenvalue weighted by atomic mass is 32.2. The van der Waals surface area contributed by atoms with Gasteiger partial charge in [0.1, 0.15) is 0 Å². The van der Waals surface area contributed by atoms with E-state index in [2.05, 4.69) is 5.32 Å². The van der Waals surface area contributed by atoms with Gasteiger partial charge in [-0.05, 0) is 36.5 Å². The molecular formula is C14H20N2O3S. The lowest BCUT2D eigenvalue weighted by atomic mass is 10.1. The lowest BCUT2D eigenvalue weighted by Gasteiger charge is -2.05. The van der Waals surface area contributed by atoms with Crippen molar-refractivity contribution < 1.29 is 13.2 Å². The monoisotopic (exact) mass is 296 g/mol. The molecule has 1 aromatic rings. The summed E-state index contributed by atoms with van der Waals surface area (Å²) < 4.78 is 22.2. The van der Waals surface area contributed by atoms with Crippen LogP contribution in [0.2, 0.25) is 0 Å². The molecule has 6 heteroatoms. The van der Waals surface area contributed by atoms with Crippen LogP contribution in [0, 0.1) is 5.92 Å². The van der Waals surface area contributed by atoms with Gasteiger partial charge in [-0.1, -0.05) is 25.0 Å². The highest BCUT2D eigenvalue weighted by Gasteiger charge is 2.20. The molecule has 0 spiro atoms. The number of carbonyl (C=O) groups excluding carboxylic acids is 1. The molecule has 0 saturated heterocycles. The SMILES string of the molecule is NS(=O)(=O)c1ccc(CCC(=O)NCCC2CC2)cc1. The molecule has 0 aromatic heterocycles. The first kappa shape index (κ1) is 15.0. The number of rotatable bonds is 7. The second-order valence-electron chi connectivity index (χ2n) is 5.27. The summed E-state index contributed by atoms with van der Waals surface area (Å²) in [6.45, 7) is 0.758. The molecule has 0 bridgehead atoms. The van der Waals surface area contributed by atoms with Crippen molar-refractivity contribution in [3.05, 3.63) is 29.8 Å². The molecule has 5 nitrogen and oxygen atoms in total. The average molecular weight is 296 g/mol. The van der Waals surface area contributed by atoms with Crippen LogP contribution < -0.4 is 10.5 Å². The fourth-order valence-corrected chi connectivity index (χ4v) is 2.53. The summed E-state index contributed by atoms with van der Waals surface area (Å²) in [5.74, 6) is 0.863. The van der Waals surface area contributed by atoms with Gasteiger partial charge in [0.15, 0.2) is 0 Å². The summed E-state index contributed by atoms with van der Waals surface area (Å²) in [4.78, 5) is 11.7. The molecule has 0 heterocycles. The van der Waals surface area contributed by atoms with Crippen molar-refractivity contribution in [2.45, 2.75) is 37.0 Å². The molecule has 1 aromatic carbocycles. The quantitative estimate of drug-likeness (QED) is 0.792. The molecule has 1 aliphatic carbocycles. The molecule has 1 fully saturated rings. The maximum absolute atomic E-state index is 11.6. The van der Waals surface area contributed by atoms with Crippen molar-refractivity contribution in [1.82, 2.24) is 5.32 Å². The van der Waals surface area contributed by atoms with Crippen LogP contribution in [0.15, 0.2) is 29.2 Å². The van der Waals surface area contributed by atoms with E-state index in [0.29, 0.717) is 12.8 Å². The Labute approximate surface area is 119 Å². The summed E-state index contributed by atoms with van der Waals surface area (Å²) in [6, 6.07) is 6.32. The van der Waals surface area contributed by atoms with E-state index in [0.717, 1.165) is 24.4 Å². The van der Waals surface area contributed by atoms with E-state index in [1.807, 2.05) is 0 Å². The maximum Gasteiger partial charge on any atom is 0.238 e. The summed E-state index contributed by atoms with van der Waals surface area (Å²) in [5.41, 5.74) is 0.926. The Morgan fingerprint density at radius 3 is 2.45 bits per heavy atom. The van der Waals surface area contributed by atoms with Gasteiger partial charge in [-0.2, -0.15) is 0 Å². The fourth-order valence-electron chi connectivity index (χ4n) is 2.01. The minimum Gasteiger partial charge on any atom is -0.356 e. The Morgan fingerprint density at radius 1 is 1.25 bits per heavy atom. The van der Waals surface area contributed by atoms with Crippen molar-refractivity contribution in [1.29, 1.82) is 0 Å². The third-order valence-electron chi connectivity index (χ3n) is 3.46. The number of aryl methyl sites for hydroxylation is 1. The van der Waals surface area contributed by atoms with Gasteiger partial charge >= 0.3 is 0 Å². The molecule has 2 rings (SSSR count). The van der Waals surface area contributed by atoms with Gasteiger partial charge in [-0.15, -0.1) is 0 Å². The first-order valence-electron chi connectivity index (χ1n) is 6.83. The van der Waals surface area contributed by atoms with Crippen molar-refractivity contribution in [3.63, 3.8) is 0 Å². The van der Waals surface area contributed by atoms with Crippen LogP contribution in [0.3, 0.4) is 0 Å². The number of carbonyl (C=O) groups is 1. The van der Waals surface area contributed by atoms with Crippen molar-refractivity contribution in [3.8, 4) is 0 Å². The average Bonchev–Trinajstić information content (AvgIpc) is 3.20. The van der Waals surface area contributed by atoms with Crippen LogP contribution in [-0.2, 0) is 21.2 Å². The Hall–Kier alpha value is -1.40. The molecule has 0 unspecified atom stereocenters. The molecule has 0 atom stereocenters. The molecule has 1 amide bonds. The van der Waals surface area contributed by atoms with Crippen LogP contribution in [0.25, 0.3) is 0 Å². The topological polar surface area (TPSA) is 89.3 Å². The van der Waals surface area contributed by atoms with E-state index in [1.54, 1.807) is 12.1 Å². The van der Waals surface area contributed by atoms with Gasteiger partial charge in [0, 0.05) is 13.0 Å². The third kappa shape index (κ3) is 4.94. The Morgan fingerprint density at radius 2 is 1.90 bits per heavy atom. The van der Waals surface area contributed by atoms with Gasteiger partial charge < -0.3 is 5.32 Å². The predicted molar refractivity (Wildman–Crippen MR) is 76.5 cm³/mol. The van der Waals surface area contributed by atoms with Crippen molar-refractivity contribution >= 4 is 15.9 Å². The Kier molecular flexibility index (Phi) is 4.77. The molecule has 1 aliphatic rings. The zero-order valence-electron chi connectivity index (χ0n) is 11.3. The number of amides is 1. The smallest absolute Gasteiger partial charge is 0.238 e. The minimum atomic E-state index is -3.64. The van der Waals surface area contributed by atoms with E-state index in [4.69, 9.17) is 5.14 Å². The number of sulfonamides is 1. The van der Waals surface area contributed by atoms with Gasteiger partial charge in [0.2, 0.25) is 15.9 Å². The van der Waals surface area contributed by atoms with E-state index < -0.39 is 10.0 Å². The number of hydrogen-bond donors (Lipinski definition) is 2. The third-order valence-corrected chi connectivity index (χ3v) is 4.39. The van der Waals surface area contributed by atoms with Crippen LogP contribution in [0.4, 0.5) is 0 Å². The summed E-state index contributed by atoms with van der Waals surface area (Å²) in [6.07, 6.45) is 4.69. The van der Waals surface area contributed by atoms with Crippen molar-refractivity contribution in [2.75, 3.05) is 6.54 Å². The molecule has 0 aliphatic heterocycles. The largest absolute Gasteiger partial charge is 0.356 e. The number of primary sulfonamides is 1. The number of hydrogen-bond acceptors (Lipinski definition) is 3. The van der Waals surface area contributed by atoms with E-state index in [-0.39, 0.29) is 10.8 Å². The van der Waals surface area contributed by atoms with Crippen LogP contribution in [0.1, 0.15) is 31.2 Å². The normalized spacial score (nSPS) is 15.1. The Bertz CT molecular complexity index is 563. The zero-order valence-corrected chi connectivity index (χ0v) is 12.2. The number of nitrogens with two attached hydrogens (primary N) is 1. The van der Waals surface area contributed by atoms with Gasteiger partial charge in [-0.3, -0.25) is 4.79 Å². The van der Waals surface area contributed by atoms with Gasteiger partial charge in [0.05, 0.1) is 4.90 Å². The highest BCUT2D eigenvalue weighted by molar-refractivity contribution is 7.89. The molecule has 0 radical (unpaired) electrons. The van der Waals surface area contributed by atoms with E-state index in [9.17, 15) is 13.2 Å². The standard InChI is InChI=1S/C14H20N2O3S/c15-20(18,19)13-6-3-11(4-7-13)5-8-14(17)16-10-9-12-1-2-12/h3-4,6-7,12H,1-2,5,8-10H2,(H,16,17)(H2,15,18,19). The zero-order chi connectivity index (χ0) is 14.6. The van der Waals surface area contributed by atoms with Gasteiger partial charge in [-0.25, -0.2) is 13.6 Å². The molecule has 3 N–H and O–H groups in total. The van der Waals surface area contributed by atoms with Crippen LogP contribution in [0.5, 0.6) is 0 Å². The molecule has 110 valence electrons. The lowest BCUT2D eigenvalue weighted by molar-refractivity contribution is -0.121. The van der Waals surface area contributed by atoms with Crippen LogP contribution in [-0.4, -0.2) is 20.9 Å². The second-order valence-corrected chi connectivity index (χ2v) is 6.83. The summed E-state index contributed by atoms with van der Waals surface area (Å²) in [5, 5.41) is 7.93. The molecule has 1 saturated carbocycles. The predicted octanol–water partition coefficient (Wildman–Crippen LogP) is 1.18. The fraction of sp³-hybridized carbons (Fsp3) is 0.500. The van der Waals surface area contributed by atoms with Crippen LogP contribution >= 0.6 is 0 Å². The first-order chi connectivity index (χ1) is 9.45. The maximum atomic E-state index is 11.6. The molecular weight excluding hydrogens is 276 g/mol. The minimum absolute atomic E-state index is 0.0428. The highest BCUT2D eigenvalue weighted by Crippen LogP contribution is 2.31. The number of nitrogens with one attached hydrogen (secondary N) is 1.